The minimum absolute atomic E-state index is 0.155. The number of benzene rings is 3. The highest BCUT2D eigenvalue weighted by Gasteiger charge is 2.20. The molecule has 1 aliphatic heterocycles. The molecular weight excluding hydrogens is 543 g/mol. The quantitative estimate of drug-likeness (QED) is 0.289. The van der Waals surface area contributed by atoms with Gasteiger partial charge in [-0.2, -0.15) is 0 Å². The summed E-state index contributed by atoms with van der Waals surface area (Å²) in [5.41, 5.74) is 2.92. The van der Waals surface area contributed by atoms with Gasteiger partial charge in [-0.25, -0.2) is 4.39 Å². The maximum atomic E-state index is 14.0. The van der Waals surface area contributed by atoms with Gasteiger partial charge in [0.25, 0.3) is 5.91 Å². The lowest BCUT2D eigenvalue weighted by Gasteiger charge is -2.36. The fourth-order valence-electron chi connectivity index (χ4n) is 4.64. The van der Waals surface area contributed by atoms with E-state index in [-0.39, 0.29) is 10.9 Å². The number of hydrogen-bond donors (Lipinski definition) is 2. The van der Waals surface area contributed by atoms with Crippen molar-refractivity contribution in [2.75, 3.05) is 56.2 Å². The van der Waals surface area contributed by atoms with Gasteiger partial charge < -0.3 is 24.4 Å². The van der Waals surface area contributed by atoms with E-state index >= 15 is 0 Å². The van der Waals surface area contributed by atoms with Crippen molar-refractivity contribution < 1.29 is 23.4 Å². The second-order valence-electron chi connectivity index (χ2n) is 9.41. The van der Waals surface area contributed by atoms with Crippen molar-refractivity contribution >= 4 is 34.6 Å². The number of amides is 1. The number of ether oxygens (including phenoxy) is 3. The van der Waals surface area contributed by atoms with Crippen LogP contribution in [0.4, 0.5) is 15.8 Å². The van der Waals surface area contributed by atoms with E-state index in [1.165, 1.54) is 6.07 Å². The van der Waals surface area contributed by atoms with Gasteiger partial charge in [0, 0.05) is 55.2 Å². The summed E-state index contributed by atoms with van der Waals surface area (Å²) in [5.74, 6) is 0.801. The largest absolute Gasteiger partial charge is 0.490 e. The summed E-state index contributed by atoms with van der Waals surface area (Å²) >= 11 is 5.41. The topological polar surface area (TPSA) is 75.3 Å². The lowest BCUT2D eigenvalue weighted by atomic mass is 10.1. The zero-order valence-electron chi connectivity index (χ0n) is 23.7. The highest BCUT2D eigenvalue weighted by molar-refractivity contribution is 7.80. The van der Waals surface area contributed by atoms with Gasteiger partial charge in [-0.05, 0) is 75.5 Å². The number of halogens is 1. The van der Waals surface area contributed by atoms with Crippen LogP contribution < -0.4 is 29.7 Å². The average molecular weight is 581 g/mol. The standard InChI is InChI=1S/C31H37FN4O4S/c1-4-38-27-19-23(20-28(39-5-2)29(27)40-6-3)30(37)34-31(41)33-24-11-13-25(14-12-24)36-17-15-35(16-18-36)21-22-9-7-8-10-26(22)32/h7-14,19-20H,4-6,15-18,21H2,1-3H3,(H2,33,34,37,41). The van der Waals surface area contributed by atoms with E-state index < -0.39 is 5.91 Å². The van der Waals surface area contributed by atoms with Crippen LogP contribution in [0, 0.1) is 5.82 Å². The van der Waals surface area contributed by atoms with Crippen molar-refractivity contribution in [1.82, 2.24) is 10.2 Å². The Balaban J connectivity index is 1.32. The van der Waals surface area contributed by atoms with Gasteiger partial charge in [0.2, 0.25) is 5.75 Å². The van der Waals surface area contributed by atoms with E-state index in [1.54, 1.807) is 18.2 Å². The number of nitrogens with one attached hydrogen (secondary N) is 2. The Morgan fingerprint density at radius 2 is 1.49 bits per heavy atom. The predicted molar refractivity (Wildman–Crippen MR) is 164 cm³/mol. The maximum Gasteiger partial charge on any atom is 0.257 e. The number of nitrogens with zero attached hydrogens (tertiary/aromatic N) is 2. The summed E-state index contributed by atoms with van der Waals surface area (Å²) in [4.78, 5) is 17.6. The van der Waals surface area contributed by atoms with E-state index in [1.807, 2.05) is 57.2 Å². The Bertz CT molecular complexity index is 1300. The number of piperazine rings is 1. The van der Waals surface area contributed by atoms with E-state index in [0.29, 0.717) is 49.2 Å². The predicted octanol–water partition coefficient (Wildman–Crippen LogP) is 5.47. The van der Waals surface area contributed by atoms with Crippen molar-refractivity contribution in [3.05, 3.63) is 77.6 Å². The highest BCUT2D eigenvalue weighted by atomic mass is 32.1. The van der Waals surface area contributed by atoms with Crippen LogP contribution in [-0.2, 0) is 6.54 Å². The Hall–Kier alpha value is -3.89. The molecule has 10 heteroatoms. The zero-order chi connectivity index (χ0) is 29.2. The molecule has 0 radical (unpaired) electrons. The molecular formula is C31H37FN4O4S. The SMILES string of the molecule is CCOc1cc(C(=O)NC(=S)Nc2ccc(N3CCN(Cc4ccccc4F)CC3)cc2)cc(OCC)c1OCC. The molecule has 0 aliphatic carbocycles. The third kappa shape index (κ3) is 8.08. The fraction of sp³-hybridized carbons (Fsp3) is 0.355. The fourth-order valence-corrected chi connectivity index (χ4v) is 4.86. The molecule has 1 heterocycles. The molecule has 1 fully saturated rings. The second kappa shape index (κ2) is 14.7. The number of carbonyl (C=O) groups excluding carboxylic acids is 1. The first-order valence-electron chi connectivity index (χ1n) is 13.9. The van der Waals surface area contributed by atoms with Crippen molar-refractivity contribution in [2.24, 2.45) is 0 Å². The highest BCUT2D eigenvalue weighted by Crippen LogP contribution is 2.39. The van der Waals surface area contributed by atoms with Gasteiger partial charge in [0.1, 0.15) is 5.82 Å². The number of thiocarbonyl (C=S) groups is 1. The van der Waals surface area contributed by atoms with Crippen LogP contribution in [0.5, 0.6) is 17.2 Å². The van der Waals surface area contributed by atoms with Crippen molar-refractivity contribution in [3.63, 3.8) is 0 Å². The molecule has 1 saturated heterocycles. The van der Waals surface area contributed by atoms with Gasteiger partial charge in [0.15, 0.2) is 16.6 Å². The van der Waals surface area contributed by atoms with Gasteiger partial charge in [-0.1, -0.05) is 18.2 Å². The van der Waals surface area contributed by atoms with Crippen LogP contribution >= 0.6 is 12.2 Å². The van der Waals surface area contributed by atoms with Gasteiger partial charge >= 0.3 is 0 Å². The molecule has 8 nitrogen and oxygen atoms in total. The van der Waals surface area contributed by atoms with Crippen LogP contribution in [-0.4, -0.2) is 61.9 Å². The lowest BCUT2D eigenvalue weighted by molar-refractivity contribution is 0.0976. The van der Waals surface area contributed by atoms with E-state index in [4.69, 9.17) is 26.4 Å². The molecule has 0 spiro atoms. The van der Waals surface area contributed by atoms with Crippen LogP contribution in [0.2, 0.25) is 0 Å². The van der Waals surface area contributed by atoms with Gasteiger partial charge in [-0.15, -0.1) is 0 Å². The minimum atomic E-state index is -0.391. The Morgan fingerprint density at radius 3 is 2.07 bits per heavy atom. The van der Waals surface area contributed by atoms with Crippen molar-refractivity contribution in [2.45, 2.75) is 27.3 Å². The molecule has 0 aromatic heterocycles. The molecule has 4 rings (SSSR count). The summed E-state index contributed by atoms with van der Waals surface area (Å²) in [6, 6.07) is 18.1. The van der Waals surface area contributed by atoms with Crippen LogP contribution in [0.25, 0.3) is 0 Å². The second-order valence-corrected chi connectivity index (χ2v) is 9.82. The summed E-state index contributed by atoms with van der Waals surface area (Å²) < 4.78 is 31.1. The number of anilines is 2. The molecule has 41 heavy (non-hydrogen) atoms. The number of carbonyl (C=O) groups is 1. The summed E-state index contributed by atoms with van der Waals surface area (Å²) in [6.45, 7) is 10.9. The average Bonchev–Trinajstić information content (AvgIpc) is 2.97. The molecule has 0 bridgehead atoms. The molecule has 218 valence electrons. The van der Waals surface area contributed by atoms with E-state index in [2.05, 4.69) is 20.4 Å². The molecule has 2 N–H and O–H groups in total. The maximum absolute atomic E-state index is 14.0. The third-order valence-electron chi connectivity index (χ3n) is 6.61. The molecule has 1 aliphatic rings. The molecule has 0 unspecified atom stereocenters. The molecule has 3 aromatic rings. The first kappa shape index (κ1) is 30.1. The molecule has 3 aromatic carbocycles. The Morgan fingerprint density at radius 1 is 0.878 bits per heavy atom. The van der Waals surface area contributed by atoms with Crippen LogP contribution in [0.15, 0.2) is 60.7 Å². The van der Waals surface area contributed by atoms with E-state index in [9.17, 15) is 9.18 Å². The van der Waals surface area contributed by atoms with Crippen molar-refractivity contribution in [3.8, 4) is 17.2 Å². The lowest BCUT2D eigenvalue weighted by Crippen LogP contribution is -2.46. The van der Waals surface area contributed by atoms with Crippen LogP contribution in [0.1, 0.15) is 36.7 Å². The summed E-state index contributed by atoms with van der Waals surface area (Å²) in [7, 11) is 0. The Labute approximate surface area is 246 Å². The Kier molecular flexibility index (Phi) is 10.8. The first-order valence-corrected chi connectivity index (χ1v) is 14.3. The minimum Gasteiger partial charge on any atom is -0.490 e. The number of hydrogen-bond acceptors (Lipinski definition) is 7. The van der Waals surface area contributed by atoms with Gasteiger partial charge in [0.05, 0.1) is 19.8 Å². The molecule has 0 atom stereocenters. The smallest absolute Gasteiger partial charge is 0.257 e. The zero-order valence-corrected chi connectivity index (χ0v) is 24.6. The van der Waals surface area contributed by atoms with Gasteiger partial charge in [-0.3, -0.25) is 15.0 Å². The van der Waals surface area contributed by atoms with Crippen molar-refractivity contribution in [1.29, 1.82) is 0 Å². The normalized spacial score (nSPS) is 13.4. The summed E-state index contributed by atoms with van der Waals surface area (Å²) in [5, 5.41) is 5.98. The third-order valence-corrected chi connectivity index (χ3v) is 6.82. The molecule has 0 saturated carbocycles. The number of rotatable bonds is 11. The monoisotopic (exact) mass is 580 g/mol. The molecule has 1 amide bonds. The summed E-state index contributed by atoms with van der Waals surface area (Å²) in [6.07, 6.45) is 0. The van der Waals surface area contributed by atoms with Crippen LogP contribution in [0.3, 0.4) is 0 Å². The van der Waals surface area contributed by atoms with E-state index in [0.717, 1.165) is 43.1 Å². The first-order chi connectivity index (χ1) is 19.9.